The molecule has 1 N–H and O–H groups in total. The molecule has 0 aromatic carbocycles. The zero-order valence-electron chi connectivity index (χ0n) is 13.0. The largest absolute Gasteiger partial charge is 0.494 e. The summed E-state index contributed by atoms with van der Waals surface area (Å²) in [6.45, 7) is 2.57. The minimum absolute atomic E-state index is 0.0425. The molecule has 0 saturated carbocycles. The molecule has 2 aliphatic rings. The molecule has 1 aromatic rings. The predicted molar refractivity (Wildman–Crippen MR) is 87.2 cm³/mol. The molecule has 1 amide bonds. The molecule has 2 saturated heterocycles. The van der Waals surface area contributed by atoms with Gasteiger partial charge in [0, 0.05) is 32.2 Å². The van der Waals surface area contributed by atoms with Crippen molar-refractivity contribution >= 4 is 27.3 Å². The second-order valence-corrected chi connectivity index (χ2v) is 8.75. The number of carbonyl (C=O) groups excluding carboxylic acids is 1. The highest BCUT2D eigenvalue weighted by molar-refractivity contribution is 7.91. The van der Waals surface area contributed by atoms with Crippen molar-refractivity contribution in [2.45, 2.75) is 23.1 Å². The summed E-state index contributed by atoms with van der Waals surface area (Å²) in [7, 11) is -2.11. The molecular formula is C14H21N3O4S2. The third kappa shape index (κ3) is 3.23. The minimum atomic E-state index is -3.58. The van der Waals surface area contributed by atoms with Gasteiger partial charge in [0.15, 0.2) is 4.21 Å². The van der Waals surface area contributed by atoms with E-state index < -0.39 is 10.0 Å². The summed E-state index contributed by atoms with van der Waals surface area (Å²) >= 11 is 1.17. The van der Waals surface area contributed by atoms with E-state index in [-0.39, 0.29) is 16.2 Å². The maximum Gasteiger partial charge on any atom is 0.256 e. The summed E-state index contributed by atoms with van der Waals surface area (Å²) in [6.07, 6.45) is 1.61. The first-order valence-electron chi connectivity index (χ1n) is 7.66. The number of ether oxygens (including phenoxy) is 1. The van der Waals surface area contributed by atoms with Gasteiger partial charge in [0.1, 0.15) is 5.75 Å². The molecule has 1 unspecified atom stereocenters. The number of hydrogen-bond acceptors (Lipinski definition) is 6. The lowest BCUT2D eigenvalue weighted by Gasteiger charge is -2.40. The molecule has 9 heteroatoms. The van der Waals surface area contributed by atoms with E-state index in [4.69, 9.17) is 4.74 Å². The number of piperazine rings is 1. The average Bonchev–Trinajstić information content (AvgIpc) is 3.05. The Kier molecular flexibility index (Phi) is 4.90. The van der Waals surface area contributed by atoms with Crippen molar-refractivity contribution < 1.29 is 17.9 Å². The monoisotopic (exact) mass is 359 g/mol. The number of carbonyl (C=O) groups is 1. The van der Waals surface area contributed by atoms with Crippen LogP contribution in [0.15, 0.2) is 15.7 Å². The third-order valence-electron chi connectivity index (χ3n) is 4.32. The molecule has 3 rings (SSSR count). The zero-order valence-corrected chi connectivity index (χ0v) is 14.7. The van der Waals surface area contributed by atoms with Crippen LogP contribution in [0.2, 0.25) is 0 Å². The minimum Gasteiger partial charge on any atom is -0.494 e. The average molecular weight is 359 g/mol. The van der Waals surface area contributed by atoms with Gasteiger partial charge in [0.05, 0.1) is 13.7 Å². The van der Waals surface area contributed by atoms with E-state index in [0.29, 0.717) is 31.9 Å². The van der Waals surface area contributed by atoms with Gasteiger partial charge in [-0.05, 0) is 24.3 Å². The second-order valence-electron chi connectivity index (χ2n) is 5.70. The summed E-state index contributed by atoms with van der Waals surface area (Å²) in [6, 6.07) is 1.62. The number of methoxy groups -OCH3 is 1. The molecular weight excluding hydrogens is 338 g/mol. The maximum atomic E-state index is 12.9. The molecule has 0 bridgehead atoms. The van der Waals surface area contributed by atoms with Crippen LogP contribution in [0.5, 0.6) is 5.75 Å². The van der Waals surface area contributed by atoms with E-state index >= 15 is 0 Å². The Bertz CT molecular complexity index is 673. The number of thiophene rings is 1. The van der Waals surface area contributed by atoms with Crippen LogP contribution < -0.4 is 10.1 Å². The first-order valence-corrected chi connectivity index (χ1v) is 9.98. The standard InChI is InChI=1S/C14H21N3O4S2/c1-21-12-4-8-22-14(12)23(19,20)16-6-2-3-11(10-16)17-7-5-15-9-13(17)18/h4,8,11,15H,2-3,5-7,9-10H2,1H3. The van der Waals surface area contributed by atoms with Crippen molar-refractivity contribution in [3.05, 3.63) is 11.4 Å². The second kappa shape index (κ2) is 6.76. The molecule has 1 atom stereocenters. The van der Waals surface area contributed by atoms with Gasteiger partial charge in [-0.15, -0.1) is 11.3 Å². The summed E-state index contributed by atoms with van der Waals surface area (Å²) in [5.41, 5.74) is 0. The number of sulfonamides is 1. The van der Waals surface area contributed by atoms with Crippen molar-refractivity contribution in [2.24, 2.45) is 0 Å². The van der Waals surface area contributed by atoms with Crippen LogP contribution >= 0.6 is 11.3 Å². The van der Waals surface area contributed by atoms with Crippen molar-refractivity contribution in [1.29, 1.82) is 0 Å². The summed E-state index contributed by atoms with van der Waals surface area (Å²) in [4.78, 5) is 13.9. The predicted octanol–water partition coefficient (Wildman–Crippen LogP) is 0.342. The number of nitrogens with zero attached hydrogens (tertiary/aromatic N) is 2. The van der Waals surface area contributed by atoms with Gasteiger partial charge in [0.2, 0.25) is 5.91 Å². The van der Waals surface area contributed by atoms with E-state index in [1.165, 1.54) is 22.8 Å². The smallest absolute Gasteiger partial charge is 0.256 e. The molecule has 3 heterocycles. The number of piperidine rings is 1. The van der Waals surface area contributed by atoms with Gasteiger partial charge in [-0.2, -0.15) is 4.31 Å². The Labute approximate surface area is 140 Å². The first kappa shape index (κ1) is 16.7. The lowest BCUT2D eigenvalue weighted by Crippen LogP contribution is -2.57. The highest BCUT2D eigenvalue weighted by atomic mass is 32.2. The zero-order chi connectivity index (χ0) is 16.4. The van der Waals surface area contributed by atoms with E-state index in [1.54, 1.807) is 11.4 Å². The van der Waals surface area contributed by atoms with Crippen molar-refractivity contribution in [3.8, 4) is 5.75 Å². The molecule has 2 aliphatic heterocycles. The van der Waals surface area contributed by atoms with Crippen LogP contribution in [0, 0.1) is 0 Å². The van der Waals surface area contributed by atoms with E-state index in [9.17, 15) is 13.2 Å². The Balaban J connectivity index is 1.79. The van der Waals surface area contributed by atoms with Crippen molar-refractivity contribution in [3.63, 3.8) is 0 Å². The van der Waals surface area contributed by atoms with Crippen LogP contribution in [0.4, 0.5) is 0 Å². The van der Waals surface area contributed by atoms with Gasteiger partial charge in [-0.1, -0.05) is 0 Å². The van der Waals surface area contributed by atoms with Crippen molar-refractivity contribution in [1.82, 2.24) is 14.5 Å². The van der Waals surface area contributed by atoms with E-state index in [1.807, 2.05) is 4.90 Å². The van der Waals surface area contributed by atoms with Gasteiger partial charge < -0.3 is 15.0 Å². The topological polar surface area (TPSA) is 79.0 Å². The van der Waals surface area contributed by atoms with E-state index in [0.717, 1.165) is 19.4 Å². The number of nitrogens with one attached hydrogen (secondary N) is 1. The molecule has 1 aromatic heterocycles. The van der Waals surface area contributed by atoms with Gasteiger partial charge in [-0.25, -0.2) is 8.42 Å². The number of rotatable bonds is 4. The molecule has 0 radical (unpaired) electrons. The fourth-order valence-corrected chi connectivity index (χ4v) is 6.07. The lowest BCUT2D eigenvalue weighted by atomic mass is 10.1. The quantitative estimate of drug-likeness (QED) is 0.839. The Hall–Kier alpha value is -1.16. The summed E-state index contributed by atoms with van der Waals surface area (Å²) < 4.78 is 32.6. The third-order valence-corrected chi connectivity index (χ3v) is 7.61. The first-order chi connectivity index (χ1) is 11.0. The molecule has 0 aliphatic carbocycles. The van der Waals surface area contributed by atoms with Crippen LogP contribution in [-0.2, 0) is 14.8 Å². The Morgan fingerprint density at radius 2 is 2.22 bits per heavy atom. The molecule has 2 fully saturated rings. The molecule has 0 spiro atoms. The maximum absolute atomic E-state index is 12.9. The van der Waals surface area contributed by atoms with Gasteiger partial charge in [0.25, 0.3) is 10.0 Å². The fourth-order valence-electron chi connectivity index (χ4n) is 3.14. The molecule has 128 valence electrons. The Morgan fingerprint density at radius 3 is 2.96 bits per heavy atom. The number of amides is 1. The van der Waals surface area contributed by atoms with Crippen LogP contribution in [0.1, 0.15) is 12.8 Å². The van der Waals surface area contributed by atoms with Crippen molar-refractivity contribution in [2.75, 3.05) is 39.8 Å². The molecule has 23 heavy (non-hydrogen) atoms. The van der Waals surface area contributed by atoms with Crippen LogP contribution in [-0.4, -0.2) is 69.4 Å². The highest BCUT2D eigenvalue weighted by Crippen LogP contribution is 2.33. The Morgan fingerprint density at radius 1 is 1.39 bits per heavy atom. The van der Waals surface area contributed by atoms with Crippen LogP contribution in [0.25, 0.3) is 0 Å². The fraction of sp³-hybridized carbons (Fsp3) is 0.643. The summed E-state index contributed by atoms with van der Waals surface area (Å²) in [5.74, 6) is 0.435. The molecule has 7 nitrogen and oxygen atoms in total. The SMILES string of the molecule is COc1ccsc1S(=O)(=O)N1CCCC(N2CCNCC2=O)C1. The normalized spacial score (nSPS) is 24.0. The van der Waals surface area contributed by atoms with Gasteiger partial charge in [-0.3, -0.25) is 4.79 Å². The number of hydrogen-bond donors (Lipinski definition) is 1. The summed E-state index contributed by atoms with van der Waals surface area (Å²) in [5, 5.41) is 4.76. The lowest BCUT2D eigenvalue weighted by molar-refractivity contribution is -0.135. The van der Waals surface area contributed by atoms with Gasteiger partial charge >= 0.3 is 0 Å². The van der Waals surface area contributed by atoms with E-state index in [2.05, 4.69) is 5.32 Å². The van der Waals surface area contributed by atoms with Crippen LogP contribution in [0.3, 0.4) is 0 Å². The highest BCUT2D eigenvalue weighted by Gasteiger charge is 2.36.